The van der Waals surface area contributed by atoms with Gasteiger partial charge in [-0.3, -0.25) is 38.5 Å². The number of carboxylic acids is 1. The number of aryl methyl sites for hydroxylation is 1. The number of cyclic esters (lactones) is 1. The van der Waals surface area contributed by atoms with E-state index in [2.05, 4.69) is 40.0 Å². The summed E-state index contributed by atoms with van der Waals surface area (Å²) in [4.78, 5) is 128. The van der Waals surface area contributed by atoms with Gasteiger partial charge in [0.15, 0.2) is 0 Å². The monoisotopic (exact) mass is 1130 g/mol. The maximum Gasteiger partial charge on any atom is 0.355 e. The molecule has 0 spiro atoms. The van der Waals surface area contributed by atoms with E-state index in [9.17, 15) is 48.3 Å². The number of aromatic nitrogens is 2. The number of fused-ring (bicyclic) bond motifs is 5. The van der Waals surface area contributed by atoms with E-state index in [1.807, 2.05) is 0 Å². The lowest BCUT2D eigenvalue weighted by molar-refractivity contribution is -0.191. The van der Waals surface area contributed by atoms with E-state index in [0.29, 0.717) is 48.3 Å². The van der Waals surface area contributed by atoms with Crippen molar-refractivity contribution < 1.29 is 71.5 Å². The van der Waals surface area contributed by atoms with Crippen LogP contribution >= 0.6 is 0 Å². The van der Waals surface area contributed by atoms with Crippen LogP contribution in [0.4, 0.5) is 4.39 Å². The minimum Gasteiger partial charge on any atom is -0.481 e. The van der Waals surface area contributed by atoms with Crippen LogP contribution in [0.3, 0.4) is 0 Å². The number of hydrogen-bond acceptors (Lipinski definition) is 16. The molecule has 1 saturated heterocycles. The SMILES string of the molecule is CCN(CC)[C@H]1CCc2c(C)c(F)cc3nc4c(c1c23)Cn1c-4cc2c(c1=O)COC(=O)[C@@]2(CC)OC(=O)[C@@H](NC(=O)[C@@H]1CCCN1C(=O)[C@H](CC(=O)O)NC(=O)CCOCCOCCOCCNC(=O)CCCC(=O)NC)C(C)C. The third-order valence-corrected chi connectivity index (χ3v) is 15.8. The average molecular weight is 1130 g/mol. The summed E-state index contributed by atoms with van der Waals surface area (Å²) in [5.74, 6) is -6.87. The Hall–Kier alpha value is -6.89. The molecule has 81 heavy (non-hydrogen) atoms. The van der Waals surface area contributed by atoms with Crippen LogP contribution in [0.1, 0.15) is 132 Å². The number of carbonyl (C=O) groups is 8. The molecule has 0 radical (unpaired) electrons. The largest absolute Gasteiger partial charge is 0.481 e. The highest BCUT2D eigenvalue weighted by molar-refractivity contribution is 5.97. The summed E-state index contributed by atoms with van der Waals surface area (Å²) in [7, 11) is 1.54. The highest BCUT2D eigenvalue weighted by atomic mass is 19.1. The summed E-state index contributed by atoms with van der Waals surface area (Å²) in [6, 6.07) is -1.06. The summed E-state index contributed by atoms with van der Waals surface area (Å²) in [6.07, 6.45) is 1.69. The first-order chi connectivity index (χ1) is 38.8. The molecule has 3 aliphatic heterocycles. The van der Waals surface area contributed by atoms with E-state index < -0.39 is 77.3 Å². The van der Waals surface area contributed by atoms with E-state index in [1.165, 1.54) is 18.0 Å². The fourth-order valence-electron chi connectivity index (χ4n) is 11.4. The van der Waals surface area contributed by atoms with E-state index in [-0.39, 0.29) is 126 Å². The van der Waals surface area contributed by atoms with Gasteiger partial charge in [0.2, 0.25) is 35.1 Å². The predicted molar refractivity (Wildman–Crippen MR) is 291 cm³/mol. The van der Waals surface area contributed by atoms with Crippen LogP contribution in [-0.4, -0.2) is 163 Å². The van der Waals surface area contributed by atoms with Crippen molar-refractivity contribution in [1.29, 1.82) is 0 Å². The first-order valence-electron chi connectivity index (χ1n) is 28.2. The van der Waals surface area contributed by atoms with Gasteiger partial charge in [-0.25, -0.2) is 19.0 Å². The molecule has 24 heteroatoms. The molecule has 1 aliphatic carbocycles. The number of carbonyl (C=O) groups excluding carboxylic acids is 7. The zero-order chi connectivity index (χ0) is 58.7. The number of esters is 2. The molecule has 2 aromatic heterocycles. The Balaban J connectivity index is 0.971. The van der Waals surface area contributed by atoms with Crippen molar-refractivity contribution in [2.24, 2.45) is 5.92 Å². The number of pyridine rings is 2. The molecule has 5 atom stereocenters. The van der Waals surface area contributed by atoms with Gasteiger partial charge in [-0.15, -0.1) is 0 Å². The molecule has 5 N–H and O–H groups in total. The maximum absolute atomic E-state index is 15.6. The minimum atomic E-state index is -2.14. The van der Waals surface area contributed by atoms with Gasteiger partial charge in [0, 0.05) is 68.0 Å². The zero-order valence-electron chi connectivity index (χ0n) is 47.4. The molecule has 5 heterocycles. The summed E-state index contributed by atoms with van der Waals surface area (Å²) in [5, 5.41) is 21.0. The molecule has 0 unspecified atom stereocenters. The third-order valence-electron chi connectivity index (χ3n) is 15.8. The molecule has 23 nitrogen and oxygen atoms in total. The molecule has 4 aliphatic rings. The number of rotatable bonds is 29. The van der Waals surface area contributed by atoms with Gasteiger partial charge in [0.1, 0.15) is 30.5 Å². The van der Waals surface area contributed by atoms with Crippen molar-refractivity contribution in [3.05, 3.63) is 61.7 Å². The van der Waals surface area contributed by atoms with E-state index in [4.69, 9.17) is 28.7 Å². The topological polar surface area (TPSA) is 292 Å². The number of nitrogens with one attached hydrogen (secondary N) is 4. The van der Waals surface area contributed by atoms with Gasteiger partial charge in [-0.1, -0.05) is 34.6 Å². The Morgan fingerprint density at radius 3 is 2.25 bits per heavy atom. The summed E-state index contributed by atoms with van der Waals surface area (Å²) < 4.78 is 45.4. The second-order valence-electron chi connectivity index (χ2n) is 21.1. The van der Waals surface area contributed by atoms with Crippen LogP contribution in [-0.2, 0) is 87.2 Å². The van der Waals surface area contributed by atoms with Gasteiger partial charge in [-0.05, 0) is 87.2 Å². The smallest absolute Gasteiger partial charge is 0.355 e. The number of aliphatic carboxylic acids is 1. The van der Waals surface area contributed by atoms with Crippen LogP contribution in [0.5, 0.6) is 0 Å². The van der Waals surface area contributed by atoms with Crippen LogP contribution in [0.25, 0.3) is 22.3 Å². The summed E-state index contributed by atoms with van der Waals surface area (Å²) in [5.41, 5.74) is 2.20. The number of likely N-dealkylation sites (tertiary alicyclic amines) is 1. The normalized spacial score (nSPS) is 18.6. The molecule has 5 amide bonds. The van der Waals surface area contributed by atoms with Crippen molar-refractivity contribution in [3.63, 3.8) is 0 Å². The number of benzene rings is 1. The number of carboxylic acid groups (broad SMARTS) is 1. The molecular weight excluding hydrogens is 1060 g/mol. The van der Waals surface area contributed by atoms with Gasteiger partial charge in [-0.2, -0.15) is 0 Å². The van der Waals surface area contributed by atoms with Crippen molar-refractivity contribution in [2.45, 2.75) is 149 Å². The van der Waals surface area contributed by atoms with Gasteiger partial charge in [0.05, 0.1) is 75.1 Å². The minimum absolute atomic E-state index is 0.0308. The van der Waals surface area contributed by atoms with Crippen LogP contribution in [0, 0.1) is 18.7 Å². The Bertz CT molecular complexity index is 2950. The second kappa shape index (κ2) is 27.7. The fraction of sp³-hybridized carbons (Fsp3) is 0.614. The van der Waals surface area contributed by atoms with Gasteiger partial charge < -0.3 is 59.5 Å². The number of halogens is 1. The number of amides is 5. The molecule has 1 fully saturated rings. The molecule has 0 bridgehead atoms. The molecular formula is C57H77FN8O15. The molecule has 7 rings (SSSR count). The van der Waals surface area contributed by atoms with Gasteiger partial charge >= 0.3 is 17.9 Å². The molecule has 1 aromatic carbocycles. The van der Waals surface area contributed by atoms with Crippen LogP contribution in [0.2, 0.25) is 0 Å². The summed E-state index contributed by atoms with van der Waals surface area (Å²) >= 11 is 0. The highest BCUT2D eigenvalue weighted by Crippen LogP contribution is 2.48. The van der Waals surface area contributed by atoms with E-state index in [1.54, 1.807) is 38.3 Å². The standard InChI is InChI=1S/C57H77FN8O15/c1-8-57(37-27-43-51-35(30-66(43)53(73)36(37)31-80-56(57)76)49-41(64(9-2)10-3)17-16-34-33(6)38(58)28-39(62-51)48(34)49)81-55(75)50(32(4)5)63-52(72)42-13-12-20-65(42)54(74)40(29-47(70)71)61-46(69)18-21-77-23-25-79-26-24-78-22-19-60-45(68)15-11-14-44(67)59-7/h27-28,32,40-42,50H,8-26,29-31H2,1-7H3,(H,59,67)(H,60,68)(H,61,69)(H,63,72)(H,70,71)/t40-,41-,42-,50-,57-/m0/s1. The lowest BCUT2D eigenvalue weighted by Gasteiger charge is -2.37. The Morgan fingerprint density at radius 1 is 0.889 bits per heavy atom. The quantitative estimate of drug-likeness (QED) is 0.0386. The summed E-state index contributed by atoms with van der Waals surface area (Å²) in [6.45, 7) is 13.5. The van der Waals surface area contributed by atoms with Crippen molar-refractivity contribution >= 4 is 58.3 Å². The molecule has 442 valence electrons. The first-order valence-corrected chi connectivity index (χ1v) is 28.2. The number of nitrogens with zero attached hydrogens (tertiary/aromatic N) is 4. The predicted octanol–water partition coefficient (Wildman–Crippen LogP) is 2.97. The van der Waals surface area contributed by atoms with Crippen molar-refractivity contribution in [1.82, 2.24) is 40.6 Å². The first kappa shape index (κ1) is 61.7. The third kappa shape index (κ3) is 13.7. The Kier molecular flexibility index (Phi) is 21.1. The highest BCUT2D eigenvalue weighted by Gasteiger charge is 2.52. The lowest BCUT2D eigenvalue weighted by Crippen LogP contribution is -2.57. The fourth-order valence-corrected chi connectivity index (χ4v) is 11.4. The van der Waals surface area contributed by atoms with Crippen molar-refractivity contribution in [2.75, 3.05) is 72.9 Å². The Morgan fingerprint density at radius 2 is 1.58 bits per heavy atom. The van der Waals surface area contributed by atoms with Gasteiger partial charge in [0.25, 0.3) is 5.56 Å². The molecule has 0 saturated carbocycles. The Labute approximate surface area is 469 Å². The lowest BCUT2D eigenvalue weighted by atomic mass is 9.81. The number of ether oxygens (including phenoxy) is 5. The van der Waals surface area contributed by atoms with Crippen molar-refractivity contribution in [3.8, 4) is 11.4 Å². The van der Waals surface area contributed by atoms with E-state index >= 15 is 4.39 Å². The average Bonchev–Trinajstić information content (AvgIpc) is 4.08. The zero-order valence-corrected chi connectivity index (χ0v) is 47.4. The number of hydrogen-bond donors (Lipinski definition) is 5. The van der Waals surface area contributed by atoms with Crippen LogP contribution in [0.15, 0.2) is 16.9 Å². The second-order valence-corrected chi connectivity index (χ2v) is 21.1. The molecule has 3 aromatic rings. The van der Waals surface area contributed by atoms with E-state index in [0.717, 1.165) is 41.6 Å². The maximum atomic E-state index is 15.6. The van der Waals surface area contributed by atoms with Crippen LogP contribution < -0.4 is 26.8 Å².